The maximum Gasteiger partial charge on any atom is 0.321 e. The highest BCUT2D eigenvalue weighted by Gasteiger charge is 2.18. The molecule has 1 aromatic rings. The fraction of sp³-hybridized carbons (Fsp3) is 0.462. The fourth-order valence-electron chi connectivity index (χ4n) is 1.93. The first-order valence-electron chi connectivity index (χ1n) is 6.07. The number of rotatable bonds is 1. The van der Waals surface area contributed by atoms with Crippen LogP contribution in [0, 0.1) is 6.92 Å². The zero-order chi connectivity index (χ0) is 13.1. The number of benzene rings is 1. The standard InChI is InChI=1S/C13H18ClN3O/c1-10-9-11(3-4-12(10)14)15-13(18)17-7-5-16(2)6-8-17/h3-4,9H,5-8H2,1-2H3,(H,15,18). The molecule has 1 aliphatic rings. The molecule has 0 bridgehead atoms. The van der Waals surface area contributed by atoms with Crippen molar-refractivity contribution in [1.82, 2.24) is 9.80 Å². The highest BCUT2D eigenvalue weighted by Crippen LogP contribution is 2.19. The second kappa shape index (κ2) is 5.59. The number of carbonyl (C=O) groups is 1. The fourth-order valence-corrected chi connectivity index (χ4v) is 2.05. The number of hydrogen-bond acceptors (Lipinski definition) is 2. The second-order valence-corrected chi connectivity index (χ2v) is 5.09. The Bertz CT molecular complexity index is 442. The van der Waals surface area contributed by atoms with Crippen LogP contribution in [0.3, 0.4) is 0 Å². The lowest BCUT2D eigenvalue weighted by molar-refractivity contribution is 0.164. The van der Waals surface area contributed by atoms with E-state index in [9.17, 15) is 4.79 Å². The summed E-state index contributed by atoms with van der Waals surface area (Å²) < 4.78 is 0. The molecular formula is C13H18ClN3O. The van der Waals surface area contributed by atoms with Crippen LogP contribution in [0.2, 0.25) is 5.02 Å². The van der Waals surface area contributed by atoms with Gasteiger partial charge in [-0.1, -0.05) is 11.6 Å². The van der Waals surface area contributed by atoms with Crippen molar-refractivity contribution in [3.8, 4) is 0 Å². The van der Waals surface area contributed by atoms with Crippen LogP contribution in [-0.4, -0.2) is 49.1 Å². The third kappa shape index (κ3) is 3.15. The normalized spacial score (nSPS) is 16.7. The molecule has 2 rings (SSSR count). The van der Waals surface area contributed by atoms with E-state index in [0.717, 1.165) is 37.4 Å². The number of halogens is 1. The monoisotopic (exact) mass is 267 g/mol. The Labute approximate surface area is 113 Å². The van der Waals surface area contributed by atoms with Gasteiger partial charge in [0.25, 0.3) is 0 Å². The third-order valence-corrected chi connectivity index (χ3v) is 3.62. The Morgan fingerprint density at radius 3 is 2.56 bits per heavy atom. The van der Waals surface area contributed by atoms with Crippen LogP contribution in [0.1, 0.15) is 5.56 Å². The average Bonchev–Trinajstić information content (AvgIpc) is 2.34. The van der Waals surface area contributed by atoms with E-state index in [0.29, 0.717) is 5.02 Å². The van der Waals surface area contributed by atoms with Crippen LogP contribution in [0.4, 0.5) is 10.5 Å². The molecule has 0 saturated carbocycles. The Balaban J connectivity index is 1.96. The number of carbonyl (C=O) groups excluding carboxylic acids is 1. The molecular weight excluding hydrogens is 250 g/mol. The number of nitrogens with one attached hydrogen (secondary N) is 1. The molecule has 1 saturated heterocycles. The Morgan fingerprint density at radius 1 is 1.28 bits per heavy atom. The number of amides is 2. The summed E-state index contributed by atoms with van der Waals surface area (Å²) >= 11 is 5.95. The van der Waals surface area contributed by atoms with Crippen molar-refractivity contribution in [1.29, 1.82) is 0 Å². The molecule has 4 nitrogen and oxygen atoms in total. The maximum atomic E-state index is 12.0. The van der Waals surface area contributed by atoms with Crippen molar-refractivity contribution < 1.29 is 4.79 Å². The zero-order valence-electron chi connectivity index (χ0n) is 10.7. The second-order valence-electron chi connectivity index (χ2n) is 4.68. The molecule has 5 heteroatoms. The molecule has 0 spiro atoms. The van der Waals surface area contributed by atoms with Crippen molar-refractivity contribution in [3.05, 3.63) is 28.8 Å². The minimum atomic E-state index is -0.0372. The highest BCUT2D eigenvalue weighted by molar-refractivity contribution is 6.31. The predicted octanol–water partition coefficient (Wildman–Crippen LogP) is 2.43. The van der Waals surface area contributed by atoms with Crippen molar-refractivity contribution in [2.45, 2.75) is 6.92 Å². The minimum Gasteiger partial charge on any atom is -0.322 e. The number of nitrogens with zero attached hydrogens (tertiary/aromatic N) is 2. The van der Waals surface area contributed by atoms with Crippen LogP contribution in [0.15, 0.2) is 18.2 Å². The van der Waals surface area contributed by atoms with E-state index >= 15 is 0 Å². The molecule has 0 atom stereocenters. The molecule has 1 fully saturated rings. The molecule has 1 aromatic carbocycles. The predicted molar refractivity (Wildman–Crippen MR) is 74.3 cm³/mol. The van der Waals surface area contributed by atoms with E-state index in [2.05, 4.69) is 17.3 Å². The Kier molecular flexibility index (Phi) is 4.09. The summed E-state index contributed by atoms with van der Waals surface area (Å²) in [6.45, 7) is 5.32. The molecule has 98 valence electrons. The number of aryl methyl sites for hydroxylation is 1. The van der Waals surface area contributed by atoms with E-state index in [1.54, 1.807) is 6.07 Å². The van der Waals surface area contributed by atoms with Gasteiger partial charge in [0, 0.05) is 36.9 Å². The Morgan fingerprint density at radius 2 is 1.94 bits per heavy atom. The molecule has 0 aromatic heterocycles. The first kappa shape index (κ1) is 13.2. The van der Waals surface area contributed by atoms with Gasteiger partial charge in [-0.25, -0.2) is 4.79 Å². The largest absolute Gasteiger partial charge is 0.322 e. The number of piperazine rings is 1. The molecule has 0 unspecified atom stereocenters. The lowest BCUT2D eigenvalue weighted by Crippen LogP contribution is -2.48. The van der Waals surface area contributed by atoms with Gasteiger partial charge in [-0.15, -0.1) is 0 Å². The van der Waals surface area contributed by atoms with Crippen LogP contribution >= 0.6 is 11.6 Å². The summed E-state index contributed by atoms with van der Waals surface area (Å²) in [5, 5.41) is 3.62. The van der Waals surface area contributed by atoms with Crippen molar-refractivity contribution >= 4 is 23.3 Å². The molecule has 0 aliphatic carbocycles. The summed E-state index contributed by atoms with van der Waals surface area (Å²) in [7, 11) is 2.07. The maximum absolute atomic E-state index is 12.0. The lowest BCUT2D eigenvalue weighted by atomic mass is 10.2. The van der Waals surface area contributed by atoms with Crippen LogP contribution in [0.25, 0.3) is 0 Å². The quantitative estimate of drug-likeness (QED) is 0.848. The average molecular weight is 268 g/mol. The minimum absolute atomic E-state index is 0.0372. The zero-order valence-corrected chi connectivity index (χ0v) is 11.5. The van der Waals surface area contributed by atoms with Gasteiger partial charge in [-0.05, 0) is 37.7 Å². The molecule has 1 N–H and O–H groups in total. The molecule has 18 heavy (non-hydrogen) atoms. The summed E-state index contributed by atoms with van der Waals surface area (Å²) in [5.41, 5.74) is 1.76. The molecule has 1 heterocycles. The number of hydrogen-bond donors (Lipinski definition) is 1. The van der Waals surface area contributed by atoms with Crippen LogP contribution in [0.5, 0.6) is 0 Å². The van der Waals surface area contributed by atoms with Crippen LogP contribution < -0.4 is 5.32 Å². The van der Waals surface area contributed by atoms with E-state index in [4.69, 9.17) is 11.6 Å². The van der Waals surface area contributed by atoms with Gasteiger partial charge >= 0.3 is 6.03 Å². The van der Waals surface area contributed by atoms with E-state index < -0.39 is 0 Å². The molecule has 0 radical (unpaired) electrons. The summed E-state index contributed by atoms with van der Waals surface area (Å²) in [5.74, 6) is 0. The van der Waals surface area contributed by atoms with E-state index in [1.807, 2.05) is 24.0 Å². The number of urea groups is 1. The number of anilines is 1. The molecule has 1 aliphatic heterocycles. The van der Waals surface area contributed by atoms with Gasteiger partial charge in [0.2, 0.25) is 0 Å². The topological polar surface area (TPSA) is 35.6 Å². The smallest absolute Gasteiger partial charge is 0.321 e. The summed E-state index contributed by atoms with van der Waals surface area (Å²) in [6.07, 6.45) is 0. The van der Waals surface area contributed by atoms with Crippen molar-refractivity contribution in [2.24, 2.45) is 0 Å². The van der Waals surface area contributed by atoms with E-state index in [-0.39, 0.29) is 6.03 Å². The summed E-state index contributed by atoms with van der Waals surface area (Å²) in [6, 6.07) is 5.47. The van der Waals surface area contributed by atoms with Crippen LogP contribution in [-0.2, 0) is 0 Å². The van der Waals surface area contributed by atoms with E-state index in [1.165, 1.54) is 0 Å². The van der Waals surface area contributed by atoms with Crippen molar-refractivity contribution in [2.75, 3.05) is 38.5 Å². The van der Waals surface area contributed by atoms with Gasteiger partial charge in [-0.3, -0.25) is 0 Å². The first-order valence-corrected chi connectivity index (χ1v) is 6.44. The summed E-state index contributed by atoms with van der Waals surface area (Å²) in [4.78, 5) is 16.1. The van der Waals surface area contributed by atoms with Gasteiger partial charge in [-0.2, -0.15) is 0 Å². The Hall–Kier alpha value is -1.26. The first-order chi connectivity index (χ1) is 8.56. The van der Waals surface area contributed by atoms with Gasteiger partial charge in [0.1, 0.15) is 0 Å². The highest BCUT2D eigenvalue weighted by atomic mass is 35.5. The molecule has 2 amide bonds. The number of likely N-dealkylation sites (N-methyl/N-ethyl adjacent to an activating group) is 1. The van der Waals surface area contributed by atoms with Gasteiger partial charge < -0.3 is 15.1 Å². The SMILES string of the molecule is Cc1cc(NC(=O)N2CCN(C)CC2)ccc1Cl. The third-order valence-electron chi connectivity index (χ3n) is 3.20. The van der Waals surface area contributed by atoms with Gasteiger partial charge in [0.15, 0.2) is 0 Å². The van der Waals surface area contributed by atoms with Crippen molar-refractivity contribution in [3.63, 3.8) is 0 Å². The van der Waals surface area contributed by atoms with Gasteiger partial charge in [0.05, 0.1) is 0 Å². The lowest BCUT2D eigenvalue weighted by Gasteiger charge is -2.32.